The molecular formula is C52H44BN3S. The van der Waals surface area contributed by atoms with Crippen LogP contribution in [0, 0.1) is 0 Å². The Bertz CT molecular complexity index is 2770. The molecule has 1 aliphatic carbocycles. The second kappa shape index (κ2) is 12.7. The van der Waals surface area contributed by atoms with Crippen LogP contribution in [0.15, 0.2) is 170 Å². The second-order valence-electron chi connectivity index (χ2n) is 17.2. The van der Waals surface area contributed by atoms with Gasteiger partial charge in [0.05, 0.1) is 11.4 Å². The molecule has 0 fully saturated rings. The Labute approximate surface area is 340 Å². The summed E-state index contributed by atoms with van der Waals surface area (Å²) in [5.41, 5.74) is 16.6. The number of anilines is 9. The quantitative estimate of drug-likeness (QED) is 0.162. The van der Waals surface area contributed by atoms with E-state index in [1.54, 1.807) is 0 Å². The molecule has 11 rings (SSSR count). The molecule has 0 atom stereocenters. The summed E-state index contributed by atoms with van der Waals surface area (Å²) in [5.74, 6) is 0. The fourth-order valence-electron chi connectivity index (χ4n) is 9.90. The van der Waals surface area contributed by atoms with Crippen LogP contribution in [-0.2, 0) is 10.8 Å². The summed E-state index contributed by atoms with van der Waals surface area (Å²) in [5, 5.41) is 1.30. The van der Waals surface area contributed by atoms with Crippen molar-refractivity contribution in [3.8, 4) is 0 Å². The van der Waals surface area contributed by atoms with Crippen LogP contribution in [0.1, 0.15) is 51.7 Å². The lowest BCUT2D eigenvalue weighted by molar-refractivity contribution is 0.332. The van der Waals surface area contributed by atoms with Crippen LogP contribution >= 0.6 is 11.3 Å². The molecule has 0 radical (unpaired) electrons. The Balaban J connectivity index is 1.31. The number of fused-ring (bicyclic) bond motifs is 7. The van der Waals surface area contributed by atoms with Gasteiger partial charge >= 0.3 is 0 Å². The predicted octanol–water partition coefficient (Wildman–Crippen LogP) is 12.8. The molecule has 0 bridgehead atoms. The minimum atomic E-state index is 0.0550. The van der Waals surface area contributed by atoms with Crippen LogP contribution in [0.5, 0.6) is 0 Å². The summed E-state index contributed by atoms with van der Waals surface area (Å²) in [4.78, 5) is 7.58. The Kier molecular flexibility index (Phi) is 7.65. The number of benzene rings is 7. The minimum Gasteiger partial charge on any atom is -0.311 e. The third-order valence-corrected chi connectivity index (χ3v) is 14.1. The van der Waals surface area contributed by atoms with Gasteiger partial charge < -0.3 is 14.7 Å². The SMILES string of the molecule is CC1(C)CCC(C)(C)c2cc3c(cc21)B1c2sc4ccccc4c2N(c2ccccc2)c2cc(N(c4ccccc4)c4ccccc4)cc(c21)N3c1ccccc1. The van der Waals surface area contributed by atoms with Crippen LogP contribution in [0.25, 0.3) is 10.1 Å². The molecule has 0 unspecified atom stereocenters. The van der Waals surface area contributed by atoms with Crippen LogP contribution in [0.2, 0.25) is 0 Å². The van der Waals surface area contributed by atoms with Crippen molar-refractivity contribution in [1.29, 1.82) is 0 Å². The fourth-order valence-corrected chi connectivity index (χ4v) is 11.2. The van der Waals surface area contributed by atoms with Gasteiger partial charge in [-0.2, -0.15) is 0 Å². The highest BCUT2D eigenvalue weighted by atomic mass is 32.1. The molecule has 276 valence electrons. The molecule has 0 spiro atoms. The van der Waals surface area contributed by atoms with E-state index >= 15 is 0 Å². The third kappa shape index (κ3) is 5.25. The first-order chi connectivity index (χ1) is 27.8. The van der Waals surface area contributed by atoms with Gasteiger partial charge in [0.15, 0.2) is 0 Å². The Hall–Kier alpha value is -6.04. The summed E-state index contributed by atoms with van der Waals surface area (Å²) in [7, 11) is 0. The molecule has 8 aromatic rings. The third-order valence-electron chi connectivity index (χ3n) is 12.8. The maximum Gasteiger partial charge on any atom is 0.264 e. The van der Waals surface area contributed by atoms with Crippen molar-refractivity contribution >= 4 is 95.0 Å². The molecule has 0 N–H and O–H groups in total. The Morgan fingerprint density at radius 3 is 1.60 bits per heavy atom. The monoisotopic (exact) mass is 753 g/mol. The minimum absolute atomic E-state index is 0.0550. The molecule has 3 aliphatic rings. The first kappa shape index (κ1) is 34.2. The van der Waals surface area contributed by atoms with E-state index in [0.29, 0.717) is 0 Å². The number of para-hydroxylation sites is 4. The predicted molar refractivity (Wildman–Crippen MR) is 246 cm³/mol. The van der Waals surface area contributed by atoms with Gasteiger partial charge in [-0.1, -0.05) is 125 Å². The van der Waals surface area contributed by atoms with Gasteiger partial charge in [-0.15, -0.1) is 11.3 Å². The standard InChI is InChI=1S/C52H44BN3S/c1-51(2)29-30-52(3,4)42-34-44-43(33-41(42)51)53-48-45(55(44)37-23-13-7-14-24-37)31-39(54(35-19-9-5-10-20-35)36-21-11-6-12-22-36)32-46(48)56(38-25-15-8-16-26-38)49-40-27-17-18-28-47(40)57-50(49)53/h5-28,31-34H,29-30H2,1-4H3. The maximum absolute atomic E-state index is 2.64. The summed E-state index contributed by atoms with van der Waals surface area (Å²) < 4.78 is 2.73. The molecule has 0 saturated carbocycles. The van der Waals surface area contributed by atoms with Crippen LogP contribution in [-0.4, -0.2) is 6.71 Å². The van der Waals surface area contributed by atoms with Crippen LogP contribution in [0.4, 0.5) is 51.2 Å². The smallest absolute Gasteiger partial charge is 0.264 e. The van der Waals surface area contributed by atoms with Gasteiger partial charge in [0.1, 0.15) is 0 Å². The molecule has 2 aliphatic heterocycles. The van der Waals surface area contributed by atoms with E-state index in [1.165, 1.54) is 78.2 Å². The number of hydrogen-bond donors (Lipinski definition) is 0. The van der Waals surface area contributed by atoms with E-state index in [-0.39, 0.29) is 17.5 Å². The molecule has 1 aromatic heterocycles. The maximum atomic E-state index is 2.64. The van der Waals surface area contributed by atoms with Gasteiger partial charge in [-0.05, 0) is 119 Å². The normalized spacial score (nSPS) is 15.8. The van der Waals surface area contributed by atoms with Crippen molar-refractivity contribution in [1.82, 2.24) is 0 Å². The van der Waals surface area contributed by atoms with Crippen molar-refractivity contribution in [2.75, 3.05) is 14.7 Å². The van der Waals surface area contributed by atoms with E-state index in [4.69, 9.17) is 0 Å². The number of nitrogens with zero attached hydrogens (tertiary/aromatic N) is 3. The van der Waals surface area contributed by atoms with Crippen molar-refractivity contribution < 1.29 is 0 Å². The summed E-state index contributed by atoms with van der Waals surface area (Å²) >= 11 is 1.97. The van der Waals surface area contributed by atoms with E-state index < -0.39 is 0 Å². The van der Waals surface area contributed by atoms with Gasteiger partial charge in [0.2, 0.25) is 0 Å². The molecule has 5 heteroatoms. The number of hydrogen-bond acceptors (Lipinski definition) is 4. The highest BCUT2D eigenvalue weighted by Crippen LogP contribution is 2.53. The highest BCUT2D eigenvalue weighted by Gasteiger charge is 2.48. The summed E-state index contributed by atoms with van der Waals surface area (Å²) in [6, 6.07) is 63.0. The van der Waals surface area contributed by atoms with Crippen LogP contribution < -0.4 is 30.4 Å². The molecule has 0 amide bonds. The van der Waals surface area contributed by atoms with Gasteiger partial charge in [-0.3, -0.25) is 0 Å². The largest absolute Gasteiger partial charge is 0.311 e. The average Bonchev–Trinajstić information content (AvgIpc) is 3.63. The molecule has 3 heterocycles. The second-order valence-corrected chi connectivity index (χ2v) is 18.3. The molecule has 7 aromatic carbocycles. The fraction of sp³-hybridized carbons (Fsp3) is 0.154. The lowest BCUT2D eigenvalue weighted by Crippen LogP contribution is -2.61. The van der Waals surface area contributed by atoms with Crippen LogP contribution in [0.3, 0.4) is 0 Å². The van der Waals surface area contributed by atoms with E-state index in [1.807, 2.05) is 11.3 Å². The molecule has 57 heavy (non-hydrogen) atoms. The Morgan fingerprint density at radius 1 is 0.509 bits per heavy atom. The zero-order chi connectivity index (χ0) is 38.5. The topological polar surface area (TPSA) is 9.72 Å². The molecular weight excluding hydrogens is 709 g/mol. The first-order valence-corrected chi connectivity index (χ1v) is 21.1. The van der Waals surface area contributed by atoms with Crippen molar-refractivity contribution in [2.45, 2.75) is 51.4 Å². The van der Waals surface area contributed by atoms with E-state index in [2.05, 4.69) is 212 Å². The average molecular weight is 754 g/mol. The zero-order valence-corrected chi connectivity index (χ0v) is 33.7. The van der Waals surface area contributed by atoms with Gasteiger partial charge in [-0.25, -0.2) is 0 Å². The molecule has 0 saturated heterocycles. The van der Waals surface area contributed by atoms with E-state index in [9.17, 15) is 0 Å². The van der Waals surface area contributed by atoms with Crippen molar-refractivity contribution in [3.63, 3.8) is 0 Å². The first-order valence-electron chi connectivity index (χ1n) is 20.3. The zero-order valence-electron chi connectivity index (χ0n) is 32.9. The molecule has 3 nitrogen and oxygen atoms in total. The highest BCUT2D eigenvalue weighted by molar-refractivity contribution is 7.33. The van der Waals surface area contributed by atoms with Gasteiger partial charge in [0.25, 0.3) is 6.71 Å². The number of thiophene rings is 1. The summed E-state index contributed by atoms with van der Waals surface area (Å²) in [6.45, 7) is 9.88. The number of rotatable bonds is 5. The van der Waals surface area contributed by atoms with E-state index in [0.717, 1.165) is 22.7 Å². The Morgan fingerprint density at radius 2 is 1.00 bits per heavy atom. The lowest BCUT2D eigenvalue weighted by Gasteiger charge is -2.47. The lowest BCUT2D eigenvalue weighted by atomic mass is 9.35. The van der Waals surface area contributed by atoms with Crippen molar-refractivity contribution in [2.24, 2.45) is 0 Å². The summed E-state index contributed by atoms with van der Waals surface area (Å²) in [6.07, 6.45) is 2.34. The van der Waals surface area contributed by atoms with Gasteiger partial charge in [0, 0.05) is 54.7 Å². The van der Waals surface area contributed by atoms with Crippen molar-refractivity contribution in [3.05, 3.63) is 181 Å².